The van der Waals surface area contributed by atoms with Crippen LogP contribution < -0.4 is 14.8 Å². The van der Waals surface area contributed by atoms with Crippen molar-refractivity contribution in [3.8, 4) is 11.5 Å². The number of likely N-dealkylation sites (N-methyl/N-ethyl adjacent to an activating group) is 1. The van der Waals surface area contributed by atoms with E-state index in [9.17, 15) is 23.4 Å². The average Bonchev–Trinajstić information content (AvgIpc) is 3.23. The van der Waals surface area contributed by atoms with E-state index in [4.69, 9.17) is 19.0 Å². The van der Waals surface area contributed by atoms with E-state index in [0.29, 0.717) is 42.3 Å². The van der Waals surface area contributed by atoms with E-state index in [2.05, 4.69) is 41.3 Å². The lowest BCUT2D eigenvalue weighted by molar-refractivity contribution is -0.250. The Morgan fingerprint density at radius 1 is 1.05 bits per heavy atom. The van der Waals surface area contributed by atoms with Gasteiger partial charge >= 0.3 is 0 Å². The number of rotatable bonds is 21. The number of nitrogens with zero attached hydrogens (tertiary/aromatic N) is 2. The van der Waals surface area contributed by atoms with Crippen molar-refractivity contribution in [3.63, 3.8) is 0 Å². The molecule has 3 aromatic carbocycles. The highest BCUT2D eigenvalue weighted by molar-refractivity contribution is 7.99. The van der Waals surface area contributed by atoms with Gasteiger partial charge in [0.2, 0.25) is 21.7 Å². The molecule has 0 aromatic heterocycles. The summed E-state index contributed by atoms with van der Waals surface area (Å²) in [6.07, 6.45) is 8.49. The molecule has 318 valence electrons. The first kappa shape index (κ1) is 44.4. The van der Waals surface area contributed by atoms with Crippen LogP contribution in [0.3, 0.4) is 0 Å². The number of carbonyl (C=O) groups excluding carboxylic acids is 1. The molecule has 1 aliphatic heterocycles. The molecular formula is C45H57N3O9S2. The van der Waals surface area contributed by atoms with Gasteiger partial charge in [0.15, 0.2) is 0 Å². The maximum Gasteiger partial charge on any atom is 0.243 e. The number of carbonyl (C=O) groups is 1. The van der Waals surface area contributed by atoms with E-state index in [1.807, 2.05) is 30.3 Å². The highest BCUT2D eigenvalue weighted by Crippen LogP contribution is 2.62. The minimum absolute atomic E-state index is 0.0259. The summed E-state index contributed by atoms with van der Waals surface area (Å²) >= 11 is 1.72. The summed E-state index contributed by atoms with van der Waals surface area (Å²) in [5.41, 5.74) is 2.89. The molecule has 2 aliphatic carbocycles. The maximum absolute atomic E-state index is 14.7. The van der Waals surface area contributed by atoms with E-state index in [0.717, 1.165) is 42.6 Å². The van der Waals surface area contributed by atoms with Crippen LogP contribution in [-0.2, 0) is 24.4 Å². The molecule has 1 amide bonds. The van der Waals surface area contributed by atoms with Crippen LogP contribution in [0.5, 0.6) is 11.5 Å². The molecule has 1 saturated carbocycles. The number of fused-ring (bicyclic) bond motifs is 2. The number of anilines is 1. The topological polar surface area (TPSA) is 156 Å². The standard InChI is InChI=1S/C45H57N3O9S2/c1-5-25-56-45-42(48(3)59(52,53)36-20-17-33(18-21-36)46-31(2)51)30-40(47-54-4)38-28-32(13-9-11-23-49)37(16-10-12-24-50)43(44(38)45)39-29-34(19-22-41(39)57-45)55-26-27-58-35-14-7-6-8-15-35/h5-8,14-15,17-22,28-29,32,37,42-44,49-50H,1,9-13,16,23-27,30H2,2-4H3,(H,46,51)/t32-,37+,42-,43+,44+,45+/m0/s1. The number of hydrogen-bond acceptors (Lipinski definition) is 11. The van der Waals surface area contributed by atoms with Crippen LogP contribution >= 0.6 is 11.8 Å². The fourth-order valence-electron chi connectivity index (χ4n) is 8.99. The van der Waals surface area contributed by atoms with Gasteiger partial charge in [0.1, 0.15) is 18.6 Å². The zero-order valence-electron chi connectivity index (χ0n) is 34.1. The minimum Gasteiger partial charge on any atom is -0.493 e. The van der Waals surface area contributed by atoms with Crippen LogP contribution in [0.4, 0.5) is 5.69 Å². The number of allylic oxidation sites excluding steroid dienone is 1. The predicted octanol–water partition coefficient (Wildman–Crippen LogP) is 7.40. The van der Waals surface area contributed by atoms with Gasteiger partial charge < -0.3 is 34.6 Å². The Morgan fingerprint density at radius 2 is 1.78 bits per heavy atom. The van der Waals surface area contributed by atoms with E-state index >= 15 is 0 Å². The molecule has 3 N–H and O–H groups in total. The number of amides is 1. The molecule has 3 aromatic rings. The summed E-state index contributed by atoms with van der Waals surface area (Å²) in [6, 6.07) is 21.2. The molecule has 1 fully saturated rings. The Bertz CT molecular complexity index is 2060. The predicted molar refractivity (Wildman–Crippen MR) is 230 cm³/mol. The third kappa shape index (κ3) is 9.90. The molecule has 0 saturated heterocycles. The first-order valence-corrected chi connectivity index (χ1v) is 22.8. The molecule has 0 bridgehead atoms. The normalized spacial score (nSPS) is 24.1. The zero-order valence-corrected chi connectivity index (χ0v) is 35.8. The highest BCUT2D eigenvalue weighted by Gasteiger charge is 2.65. The van der Waals surface area contributed by atoms with Gasteiger partial charge in [-0.2, -0.15) is 4.31 Å². The van der Waals surface area contributed by atoms with Crippen molar-refractivity contribution in [2.75, 3.05) is 51.7 Å². The smallest absolute Gasteiger partial charge is 0.243 e. The molecule has 3 aliphatic rings. The van der Waals surface area contributed by atoms with E-state index in [1.165, 1.54) is 42.4 Å². The van der Waals surface area contributed by atoms with Gasteiger partial charge in [-0.1, -0.05) is 48.3 Å². The number of benzene rings is 3. The number of hydrogen-bond donors (Lipinski definition) is 3. The summed E-state index contributed by atoms with van der Waals surface area (Å²) in [7, 11) is -1.16. The second-order valence-corrected chi connectivity index (χ2v) is 18.4. The number of ether oxygens (including phenoxy) is 3. The Labute approximate surface area is 352 Å². The molecular weight excluding hydrogens is 791 g/mol. The Kier molecular flexibility index (Phi) is 15.3. The van der Waals surface area contributed by atoms with Crippen LogP contribution in [0.15, 0.2) is 112 Å². The number of aliphatic hydroxyl groups is 2. The fourth-order valence-corrected chi connectivity index (χ4v) is 11.1. The van der Waals surface area contributed by atoms with Gasteiger partial charge in [0, 0.05) is 61.4 Å². The summed E-state index contributed by atoms with van der Waals surface area (Å²) in [5, 5.41) is 26.9. The lowest BCUT2D eigenvalue weighted by Crippen LogP contribution is -2.69. The fraction of sp³-hybridized carbons (Fsp3) is 0.467. The molecule has 0 unspecified atom stereocenters. The Balaban J connectivity index is 1.48. The van der Waals surface area contributed by atoms with Crippen LogP contribution in [0, 0.1) is 17.8 Å². The number of unbranched alkanes of at least 4 members (excludes halogenated alkanes) is 2. The van der Waals surface area contributed by atoms with Crippen molar-refractivity contribution in [1.82, 2.24) is 4.31 Å². The van der Waals surface area contributed by atoms with Gasteiger partial charge in [-0.15, -0.1) is 18.3 Å². The number of oxime groups is 1. The summed E-state index contributed by atoms with van der Waals surface area (Å²) < 4.78 is 51.1. The molecule has 1 heterocycles. The molecule has 0 radical (unpaired) electrons. The molecule has 12 nitrogen and oxygen atoms in total. The van der Waals surface area contributed by atoms with Crippen LogP contribution in [0.1, 0.15) is 63.4 Å². The summed E-state index contributed by atoms with van der Waals surface area (Å²) in [5.74, 6) is -0.483. The zero-order chi connectivity index (χ0) is 42.0. The molecule has 6 rings (SSSR count). The van der Waals surface area contributed by atoms with Crippen molar-refractivity contribution in [3.05, 3.63) is 103 Å². The first-order valence-electron chi connectivity index (χ1n) is 20.4. The average molecular weight is 848 g/mol. The van der Waals surface area contributed by atoms with Crippen molar-refractivity contribution in [2.45, 2.75) is 79.4 Å². The SMILES string of the molecule is C=CCO[C@@]12Oc3ccc(OCCSc4ccccc4)cc3[C@H]3[C@H](CCCCO)[C@@H](CCCCO)C=C(C(=NOC)C[C@@H]1N(C)S(=O)(=O)c1ccc(NC(C)=O)cc1)[C@H]32. The van der Waals surface area contributed by atoms with Gasteiger partial charge in [-0.05, 0) is 97.7 Å². The molecule has 14 heteroatoms. The van der Waals surface area contributed by atoms with Crippen molar-refractivity contribution in [2.24, 2.45) is 22.9 Å². The molecule has 6 atom stereocenters. The monoisotopic (exact) mass is 847 g/mol. The molecule has 0 spiro atoms. The summed E-state index contributed by atoms with van der Waals surface area (Å²) in [6.45, 7) is 6.07. The number of nitrogens with one attached hydrogen (secondary N) is 1. The van der Waals surface area contributed by atoms with Gasteiger partial charge in [0.25, 0.3) is 0 Å². The Hall–Kier alpha value is -4.18. The maximum atomic E-state index is 14.7. The second kappa shape index (κ2) is 20.4. The third-order valence-corrected chi connectivity index (χ3v) is 14.4. The van der Waals surface area contributed by atoms with Gasteiger partial charge in [-0.3, -0.25) is 4.79 Å². The highest BCUT2D eigenvalue weighted by atomic mass is 32.2. The quantitative estimate of drug-likeness (QED) is 0.0428. The second-order valence-electron chi connectivity index (χ2n) is 15.2. The van der Waals surface area contributed by atoms with E-state index in [-0.39, 0.29) is 54.8 Å². The van der Waals surface area contributed by atoms with Crippen LogP contribution in [0.2, 0.25) is 0 Å². The van der Waals surface area contributed by atoms with E-state index in [1.54, 1.807) is 30.0 Å². The number of sulfonamides is 1. The molecule has 59 heavy (non-hydrogen) atoms. The van der Waals surface area contributed by atoms with Crippen molar-refractivity contribution in [1.29, 1.82) is 0 Å². The lowest BCUT2D eigenvalue weighted by Gasteiger charge is -2.59. The van der Waals surface area contributed by atoms with Gasteiger partial charge in [-0.25, -0.2) is 8.42 Å². The lowest BCUT2D eigenvalue weighted by atomic mass is 9.55. The van der Waals surface area contributed by atoms with E-state index < -0.39 is 27.8 Å². The van der Waals surface area contributed by atoms with Gasteiger partial charge in [0.05, 0.1) is 35.8 Å². The van der Waals surface area contributed by atoms with Crippen molar-refractivity contribution >= 4 is 39.1 Å². The number of aliphatic hydroxyl groups excluding tert-OH is 2. The van der Waals surface area contributed by atoms with Crippen molar-refractivity contribution < 1.29 is 42.5 Å². The minimum atomic E-state index is -4.19. The Morgan fingerprint density at radius 3 is 2.46 bits per heavy atom. The largest absolute Gasteiger partial charge is 0.493 e. The number of thioether (sulfide) groups is 1. The summed E-state index contributed by atoms with van der Waals surface area (Å²) in [4.78, 5) is 18.4. The van der Waals surface area contributed by atoms with Crippen LogP contribution in [-0.4, -0.2) is 92.7 Å². The third-order valence-electron chi connectivity index (χ3n) is 11.5. The van der Waals surface area contributed by atoms with Crippen LogP contribution in [0.25, 0.3) is 0 Å². The first-order chi connectivity index (χ1) is 28.6.